The number of nitrogens with two attached hydrogens (primary N) is 1. The largest absolute Gasteiger partial charge is 0.328 e. The van der Waals surface area contributed by atoms with Crippen molar-refractivity contribution in [3.63, 3.8) is 0 Å². The molecule has 2 fully saturated rings. The molecule has 3 unspecified atom stereocenters. The predicted octanol–water partition coefficient (Wildman–Crippen LogP) is 2.08. The van der Waals surface area contributed by atoms with Crippen molar-refractivity contribution in [2.45, 2.75) is 63.2 Å². The van der Waals surface area contributed by atoms with Crippen LogP contribution in [0.25, 0.3) is 0 Å². The Morgan fingerprint density at radius 1 is 1.33 bits per heavy atom. The first-order valence-corrected chi connectivity index (χ1v) is 7.63. The summed E-state index contributed by atoms with van der Waals surface area (Å²) >= 11 is 1.97. The average molecular weight is 228 g/mol. The van der Waals surface area contributed by atoms with E-state index < -0.39 is 0 Å². The molecular formula is C12H24N2S. The molecule has 0 aromatic rings. The highest BCUT2D eigenvalue weighted by molar-refractivity contribution is 7.98. The van der Waals surface area contributed by atoms with Crippen LogP contribution in [0.15, 0.2) is 0 Å². The molecule has 0 aliphatic carbocycles. The second kappa shape index (κ2) is 5.07. The van der Waals surface area contributed by atoms with Crippen molar-refractivity contribution in [2.24, 2.45) is 5.73 Å². The van der Waals surface area contributed by atoms with Crippen LogP contribution < -0.4 is 5.73 Å². The molecule has 2 N–H and O–H groups in total. The Morgan fingerprint density at radius 3 is 2.47 bits per heavy atom. The van der Waals surface area contributed by atoms with Gasteiger partial charge in [-0.3, -0.25) is 4.90 Å². The first-order chi connectivity index (χ1) is 7.22. The third-order valence-corrected chi connectivity index (χ3v) is 4.80. The van der Waals surface area contributed by atoms with Gasteiger partial charge in [0, 0.05) is 29.9 Å². The van der Waals surface area contributed by atoms with Gasteiger partial charge in [0.25, 0.3) is 0 Å². The zero-order chi connectivity index (χ0) is 10.8. The number of fused-ring (bicyclic) bond motifs is 2. The fourth-order valence-electron chi connectivity index (χ4n) is 3.51. The zero-order valence-corrected chi connectivity index (χ0v) is 10.8. The van der Waals surface area contributed by atoms with E-state index in [1.807, 2.05) is 11.8 Å². The summed E-state index contributed by atoms with van der Waals surface area (Å²) in [4.78, 5) is 2.78. The van der Waals surface area contributed by atoms with Gasteiger partial charge in [-0.15, -0.1) is 0 Å². The lowest BCUT2D eigenvalue weighted by Gasteiger charge is -2.51. The van der Waals surface area contributed by atoms with E-state index in [0.29, 0.717) is 6.04 Å². The lowest BCUT2D eigenvalue weighted by molar-refractivity contribution is 0.00769. The standard InChI is InChI=1S/C12H24N2S/c1-9(8-15-2)14-11-4-3-5-12(14)7-10(13)6-11/h9-12H,3-8,13H2,1-2H3. The smallest absolute Gasteiger partial charge is 0.0163 e. The van der Waals surface area contributed by atoms with Crippen LogP contribution in [0.4, 0.5) is 0 Å². The quantitative estimate of drug-likeness (QED) is 0.802. The van der Waals surface area contributed by atoms with Crippen molar-refractivity contribution in [3.05, 3.63) is 0 Å². The minimum Gasteiger partial charge on any atom is -0.328 e. The van der Waals surface area contributed by atoms with Gasteiger partial charge in [0.1, 0.15) is 0 Å². The highest BCUT2D eigenvalue weighted by atomic mass is 32.2. The van der Waals surface area contributed by atoms with Gasteiger partial charge in [0.05, 0.1) is 0 Å². The molecule has 2 heterocycles. The van der Waals surface area contributed by atoms with Gasteiger partial charge in [-0.1, -0.05) is 6.42 Å². The van der Waals surface area contributed by atoms with Gasteiger partial charge in [0.15, 0.2) is 0 Å². The van der Waals surface area contributed by atoms with Crippen LogP contribution in [0.1, 0.15) is 39.0 Å². The molecular weight excluding hydrogens is 204 g/mol. The van der Waals surface area contributed by atoms with Gasteiger partial charge in [0.2, 0.25) is 0 Å². The van der Waals surface area contributed by atoms with E-state index in [9.17, 15) is 0 Å². The molecule has 15 heavy (non-hydrogen) atoms. The van der Waals surface area contributed by atoms with Crippen molar-refractivity contribution >= 4 is 11.8 Å². The topological polar surface area (TPSA) is 29.3 Å². The van der Waals surface area contributed by atoms with Crippen LogP contribution in [0, 0.1) is 0 Å². The summed E-state index contributed by atoms with van der Waals surface area (Å²) in [6, 6.07) is 2.78. The van der Waals surface area contributed by atoms with Gasteiger partial charge < -0.3 is 5.73 Å². The lowest BCUT2D eigenvalue weighted by Crippen LogP contribution is -2.58. The molecule has 0 radical (unpaired) electrons. The monoisotopic (exact) mass is 228 g/mol. The van der Waals surface area contributed by atoms with Gasteiger partial charge >= 0.3 is 0 Å². The summed E-state index contributed by atoms with van der Waals surface area (Å²) in [5, 5.41) is 0. The minimum atomic E-state index is 0.470. The van der Waals surface area contributed by atoms with Gasteiger partial charge in [-0.05, 0) is 38.9 Å². The number of nitrogens with zero attached hydrogens (tertiary/aromatic N) is 1. The number of thioether (sulfide) groups is 1. The molecule has 2 nitrogen and oxygen atoms in total. The van der Waals surface area contributed by atoms with E-state index in [0.717, 1.165) is 18.1 Å². The molecule has 0 spiro atoms. The molecule has 0 saturated carbocycles. The fraction of sp³-hybridized carbons (Fsp3) is 1.00. The number of rotatable bonds is 3. The number of hydrogen-bond donors (Lipinski definition) is 1. The minimum absolute atomic E-state index is 0.470. The van der Waals surface area contributed by atoms with Crippen molar-refractivity contribution < 1.29 is 0 Å². The van der Waals surface area contributed by atoms with Crippen LogP contribution in [0.3, 0.4) is 0 Å². The summed E-state index contributed by atoms with van der Waals surface area (Å²) in [7, 11) is 0. The Balaban J connectivity index is 2.03. The van der Waals surface area contributed by atoms with E-state index >= 15 is 0 Å². The Hall–Kier alpha value is 0.270. The Morgan fingerprint density at radius 2 is 1.93 bits per heavy atom. The summed E-state index contributed by atoms with van der Waals surface area (Å²) in [6.45, 7) is 2.39. The summed E-state index contributed by atoms with van der Waals surface area (Å²) in [5.74, 6) is 1.27. The van der Waals surface area contributed by atoms with Crippen LogP contribution >= 0.6 is 11.8 Å². The molecule has 88 valence electrons. The van der Waals surface area contributed by atoms with Crippen molar-refractivity contribution in [1.82, 2.24) is 4.90 Å². The van der Waals surface area contributed by atoms with Crippen molar-refractivity contribution in [3.8, 4) is 0 Å². The molecule has 2 bridgehead atoms. The number of hydrogen-bond acceptors (Lipinski definition) is 3. The molecule has 0 aromatic carbocycles. The molecule has 2 rings (SSSR count). The third-order valence-electron chi connectivity index (χ3n) is 3.98. The molecule has 2 saturated heterocycles. The van der Waals surface area contributed by atoms with Crippen molar-refractivity contribution in [2.75, 3.05) is 12.0 Å². The molecule has 0 amide bonds. The maximum Gasteiger partial charge on any atom is 0.0163 e. The fourth-order valence-corrected chi connectivity index (χ4v) is 4.16. The SMILES string of the molecule is CSCC(C)N1C2CCCC1CC(N)C2. The van der Waals surface area contributed by atoms with E-state index in [2.05, 4.69) is 18.1 Å². The van der Waals surface area contributed by atoms with Crippen LogP contribution in [-0.4, -0.2) is 41.1 Å². The Labute approximate surface area is 98.0 Å². The molecule has 2 aliphatic rings. The normalized spacial score (nSPS) is 39.0. The highest BCUT2D eigenvalue weighted by Gasteiger charge is 2.38. The van der Waals surface area contributed by atoms with Crippen LogP contribution in [-0.2, 0) is 0 Å². The first-order valence-electron chi connectivity index (χ1n) is 6.24. The summed E-state index contributed by atoms with van der Waals surface area (Å²) in [6.07, 6.45) is 8.85. The van der Waals surface area contributed by atoms with Crippen LogP contribution in [0.2, 0.25) is 0 Å². The Kier molecular flexibility index (Phi) is 3.97. The molecule has 2 aliphatic heterocycles. The molecule has 3 heteroatoms. The second-order valence-corrected chi connectivity index (χ2v) is 6.13. The van der Waals surface area contributed by atoms with Crippen molar-refractivity contribution in [1.29, 1.82) is 0 Å². The predicted molar refractivity (Wildman–Crippen MR) is 68.3 cm³/mol. The number of piperidine rings is 2. The Bertz CT molecular complexity index is 196. The van der Waals surface area contributed by atoms with E-state index in [-0.39, 0.29) is 0 Å². The lowest BCUT2D eigenvalue weighted by atomic mass is 9.81. The van der Waals surface area contributed by atoms with Gasteiger partial charge in [-0.2, -0.15) is 11.8 Å². The molecule has 3 atom stereocenters. The zero-order valence-electron chi connectivity index (χ0n) is 9.98. The van der Waals surface area contributed by atoms with E-state index in [4.69, 9.17) is 5.73 Å². The summed E-state index contributed by atoms with van der Waals surface area (Å²) in [5.41, 5.74) is 6.13. The van der Waals surface area contributed by atoms with Crippen LogP contribution in [0.5, 0.6) is 0 Å². The van der Waals surface area contributed by atoms with Gasteiger partial charge in [-0.25, -0.2) is 0 Å². The average Bonchev–Trinajstić information content (AvgIpc) is 2.16. The second-order valence-electron chi connectivity index (χ2n) is 5.22. The van der Waals surface area contributed by atoms with E-state index in [1.165, 1.54) is 37.9 Å². The maximum atomic E-state index is 6.13. The highest BCUT2D eigenvalue weighted by Crippen LogP contribution is 2.35. The molecule has 0 aromatic heterocycles. The summed E-state index contributed by atoms with van der Waals surface area (Å²) < 4.78 is 0. The third kappa shape index (κ3) is 2.51. The van der Waals surface area contributed by atoms with E-state index in [1.54, 1.807) is 0 Å². The maximum absolute atomic E-state index is 6.13. The first kappa shape index (κ1) is 11.7.